The first-order valence-electron chi connectivity index (χ1n) is 7.56. The van der Waals surface area contributed by atoms with Crippen molar-refractivity contribution in [1.29, 1.82) is 0 Å². The van der Waals surface area contributed by atoms with Gasteiger partial charge in [0.15, 0.2) is 11.6 Å². The summed E-state index contributed by atoms with van der Waals surface area (Å²) in [6.45, 7) is 0.0467. The van der Waals surface area contributed by atoms with Gasteiger partial charge in [-0.3, -0.25) is 4.57 Å². The number of nitrogen functional groups attached to an aromatic ring is 1. The van der Waals surface area contributed by atoms with Crippen molar-refractivity contribution in [3.63, 3.8) is 0 Å². The van der Waals surface area contributed by atoms with E-state index in [1.165, 1.54) is 0 Å². The van der Waals surface area contributed by atoms with Crippen LogP contribution in [-0.4, -0.2) is 28.2 Å². The maximum absolute atomic E-state index is 13.5. The first-order valence-corrected chi connectivity index (χ1v) is 8.35. The SMILES string of the molecule is Nc1nc(=O)n([C@H]2CC[C@@H](COC(=O)c3ccc(Br)cc3)O2)cc1F. The molecule has 132 valence electrons. The van der Waals surface area contributed by atoms with E-state index in [1.807, 2.05) is 0 Å². The lowest BCUT2D eigenvalue weighted by Gasteiger charge is -2.16. The number of anilines is 1. The summed E-state index contributed by atoms with van der Waals surface area (Å²) in [6.07, 6.45) is 0.983. The average molecular weight is 412 g/mol. The van der Waals surface area contributed by atoms with Gasteiger partial charge in [-0.15, -0.1) is 0 Å². The topological polar surface area (TPSA) is 96.4 Å². The van der Waals surface area contributed by atoms with Crippen LogP contribution in [0.4, 0.5) is 10.2 Å². The second-order valence-corrected chi connectivity index (χ2v) is 6.48. The minimum Gasteiger partial charge on any atom is -0.459 e. The van der Waals surface area contributed by atoms with Crippen LogP contribution in [0, 0.1) is 5.82 Å². The second-order valence-electron chi connectivity index (χ2n) is 5.56. The Bertz CT molecular complexity index is 840. The van der Waals surface area contributed by atoms with Crippen LogP contribution < -0.4 is 11.4 Å². The van der Waals surface area contributed by atoms with Gasteiger partial charge in [0, 0.05) is 4.47 Å². The minimum absolute atomic E-state index is 0.0467. The van der Waals surface area contributed by atoms with Crippen LogP contribution in [0.25, 0.3) is 0 Å². The van der Waals surface area contributed by atoms with Crippen molar-refractivity contribution in [2.75, 3.05) is 12.3 Å². The van der Waals surface area contributed by atoms with Gasteiger partial charge in [0.25, 0.3) is 0 Å². The molecule has 3 rings (SSSR count). The number of benzene rings is 1. The molecule has 2 heterocycles. The summed E-state index contributed by atoms with van der Waals surface area (Å²) in [5, 5.41) is 0. The molecule has 1 aliphatic rings. The molecule has 2 atom stereocenters. The van der Waals surface area contributed by atoms with Crippen LogP contribution in [0.3, 0.4) is 0 Å². The smallest absolute Gasteiger partial charge is 0.351 e. The standard InChI is InChI=1S/C16H15BrFN3O4/c17-10-3-1-9(2-4-10)15(22)24-8-11-5-6-13(25-11)21-7-12(18)14(19)20-16(21)23/h1-4,7,11,13H,5-6,8H2,(H2,19,20,23)/t11-,13+/m0/s1. The quantitative estimate of drug-likeness (QED) is 0.775. The lowest BCUT2D eigenvalue weighted by atomic mass is 10.2. The summed E-state index contributed by atoms with van der Waals surface area (Å²) in [5.41, 5.74) is 5.01. The number of carbonyl (C=O) groups is 1. The number of aromatic nitrogens is 2. The predicted octanol–water partition coefficient (Wildman–Crippen LogP) is 2.26. The largest absolute Gasteiger partial charge is 0.459 e. The summed E-state index contributed by atoms with van der Waals surface area (Å²) < 4.78 is 26.3. The number of esters is 1. The van der Waals surface area contributed by atoms with Gasteiger partial charge < -0.3 is 15.2 Å². The molecule has 25 heavy (non-hydrogen) atoms. The van der Waals surface area contributed by atoms with Gasteiger partial charge in [0.2, 0.25) is 0 Å². The molecule has 1 aromatic carbocycles. The molecule has 0 radical (unpaired) electrons. The summed E-state index contributed by atoms with van der Waals surface area (Å²) in [5.74, 6) is -1.69. The molecule has 0 unspecified atom stereocenters. The van der Waals surface area contributed by atoms with Crippen molar-refractivity contribution >= 4 is 27.7 Å². The molecule has 1 fully saturated rings. The Kier molecular flexibility index (Phi) is 5.14. The Morgan fingerprint density at radius 3 is 2.84 bits per heavy atom. The van der Waals surface area contributed by atoms with Crippen molar-refractivity contribution in [3.8, 4) is 0 Å². The summed E-state index contributed by atoms with van der Waals surface area (Å²) in [6, 6.07) is 6.78. The van der Waals surface area contributed by atoms with Gasteiger partial charge in [-0.05, 0) is 37.1 Å². The summed E-state index contributed by atoms with van der Waals surface area (Å²) in [7, 11) is 0. The zero-order valence-corrected chi connectivity index (χ0v) is 14.6. The fraction of sp³-hybridized carbons (Fsp3) is 0.312. The molecular weight excluding hydrogens is 397 g/mol. The van der Waals surface area contributed by atoms with E-state index in [4.69, 9.17) is 15.2 Å². The third-order valence-electron chi connectivity index (χ3n) is 3.81. The summed E-state index contributed by atoms with van der Waals surface area (Å²) in [4.78, 5) is 27.2. The number of nitrogens with two attached hydrogens (primary N) is 1. The van der Waals surface area contributed by atoms with Crippen molar-refractivity contribution < 1.29 is 18.7 Å². The normalized spacial score (nSPS) is 19.8. The van der Waals surface area contributed by atoms with E-state index in [0.717, 1.165) is 15.2 Å². The Labute approximate surface area is 150 Å². The average Bonchev–Trinajstić information content (AvgIpc) is 3.05. The number of nitrogens with zero attached hydrogens (tertiary/aromatic N) is 2. The molecule has 0 saturated carbocycles. The maximum atomic E-state index is 13.5. The van der Waals surface area contributed by atoms with E-state index in [1.54, 1.807) is 24.3 Å². The molecule has 0 spiro atoms. The molecule has 1 saturated heterocycles. The van der Waals surface area contributed by atoms with Gasteiger partial charge in [0.05, 0.1) is 17.9 Å². The van der Waals surface area contributed by atoms with Crippen molar-refractivity contribution in [2.45, 2.75) is 25.2 Å². The minimum atomic E-state index is -0.784. The predicted molar refractivity (Wildman–Crippen MR) is 90.4 cm³/mol. The van der Waals surface area contributed by atoms with Crippen LogP contribution >= 0.6 is 15.9 Å². The second kappa shape index (κ2) is 7.32. The lowest BCUT2D eigenvalue weighted by molar-refractivity contribution is -0.0342. The van der Waals surface area contributed by atoms with E-state index in [0.29, 0.717) is 18.4 Å². The lowest BCUT2D eigenvalue weighted by Crippen LogP contribution is -2.29. The third-order valence-corrected chi connectivity index (χ3v) is 4.34. The van der Waals surface area contributed by atoms with Gasteiger partial charge in [-0.1, -0.05) is 15.9 Å². The molecule has 0 aliphatic carbocycles. The van der Waals surface area contributed by atoms with Crippen LogP contribution in [0.5, 0.6) is 0 Å². The number of carbonyl (C=O) groups excluding carboxylic acids is 1. The van der Waals surface area contributed by atoms with Gasteiger partial charge in [0.1, 0.15) is 12.8 Å². The third kappa shape index (κ3) is 4.05. The number of hydrogen-bond acceptors (Lipinski definition) is 6. The molecule has 9 heteroatoms. The van der Waals surface area contributed by atoms with E-state index in [9.17, 15) is 14.0 Å². The van der Waals surface area contributed by atoms with E-state index in [2.05, 4.69) is 20.9 Å². The molecule has 0 amide bonds. The Hall–Kier alpha value is -2.26. The van der Waals surface area contributed by atoms with Crippen molar-refractivity contribution in [1.82, 2.24) is 9.55 Å². The number of rotatable bonds is 4. The van der Waals surface area contributed by atoms with Crippen LogP contribution in [0.1, 0.15) is 29.4 Å². The van der Waals surface area contributed by atoms with Crippen LogP contribution in [0.2, 0.25) is 0 Å². The van der Waals surface area contributed by atoms with Gasteiger partial charge in [-0.25, -0.2) is 14.0 Å². The fourth-order valence-corrected chi connectivity index (χ4v) is 2.78. The highest BCUT2D eigenvalue weighted by Crippen LogP contribution is 2.27. The monoisotopic (exact) mass is 411 g/mol. The van der Waals surface area contributed by atoms with Gasteiger partial charge >= 0.3 is 11.7 Å². The van der Waals surface area contributed by atoms with E-state index >= 15 is 0 Å². The van der Waals surface area contributed by atoms with E-state index < -0.39 is 29.5 Å². The first-order chi connectivity index (χ1) is 11.9. The summed E-state index contributed by atoms with van der Waals surface area (Å²) >= 11 is 3.29. The molecule has 0 bridgehead atoms. The van der Waals surface area contributed by atoms with E-state index in [-0.39, 0.29) is 12.7 Å². The van der Waals surface area contributed by atoms with Crippen molar-refractivity contribution in [3.05, 3.63) is 56.8 Å². The number of ether oxygens (including phenoxy) is 2. The number of hydrogen-bond donors (Lipinski definition) is 1. The zero-order chi connectivity index (χ0) is 18.0. The zero-order valence-electron chi connectivity index (χ0n) is 13.0. The van der Waals surface area contributed by atoms with Gasteiger partial charge in [-0.2, -0.15) is 4.98 Å². The van der Waals surface area contributed by atoms with Crippen molar-refractivity contribution in [2.24, 2.45) is 0 Å². The fourth-order valence-electron chi connectivity index (χ4n) is 2.52. The first kappa shape index (κ1) is 17.6. The molecule has 7 nitrogen and oxygen atoms in total. The molecule has 1 aromatic heterocycles. The number of halogens is 2. The highest BCUT2D eigenvalue weighted by atomic mass is 79.9. The molecule has 1 aliphatic heterocycles. The molecular formula is C16H15BrFN3O4. The Morgan fingerprint density at radius 1 is 1.40 bits per heavy atom. The van der Waals surface area contributed by atoms with Crippen LogP contribution in [-0.2, 0) is 9.47 Å². The maximum Gasteiger partial charge on any atom is 0.351 e. The molecule has 2 N–H and O–H groups in total. The van der Waals surface area contributed by atoms with Crippen LogP contribution in [0.15, 0.2) is 39.7 Å². The Balaban J connectivity index is 1.58. The molecule has 2 aromatic rings. The highest BCUT2D eigenvalue weighted by molar-refractivity contribution is 9.10. The Morgan fingerprint density at radius 2 is 2.12 bits per heavy atom. The highest BCUT2D eigenvalue weighted by Gasteiger charge is 2.29.